The average molecular weight is 314 g/mol. The summed E-state index contributed by atoms with van der Waals surface area (Å²) in [6, 6.07) is 9.99. The van der Waals surface area contributed by atoms with Gasteiger partial charge in [-0.1, -0.05) is 35.5 Å². The molecule has 1 aromatic heterocycles. The highest BCUT2D eigenvalue weighted by atomic mass is 16.3. The number of nitrogens with zero attached hydrogens (tertiary/aromatic N) is 4. The van der Waals surface area contributed by atoms with Gasteiger partial charge in [0, 0.05) is 24.8 Å². The smallest absolute Gasteiger partial charge is 0.244 e. The van der Waals surface area contributed by atoms with Gasteiger partial charge in [-0.25, -0.2) is 4.68 Å². The van der Waals surface area contributed by atoms with Crippen molar-refractivity contribution in [1.82, 2.24) is 19.9 Å². The second-order valence-electron chi connectivity index (χ2n) is 6.19. The van der Waals surface area contributed by atoms with Crippen LogP contribution in [0.25, 0.3) is 11.3 Å². The minimum Gasteiger partial charge on any atom is -0.396 e. The van der Waals surface area contributed by atoms with E-state index in [0.29, 0.717) is 6.54 Å². The van der Waals surface area contributed by atoms with Gasteiger partial charge in [-0.15, -0.1) is 5.10 Å². The lowest BCUT2D eigenvalue weighted by atomic mass is 9.94. The fourth-order valence-electron chi connectivity index (χ4n) is 3.03. The maximum absolute atomic E-state index is 12.5. The summed E-state index contributed by atoms with van der Waals surface area (Å²) in [4.78, 5) is 14.4. The predicted octanol–water partition coefficient (Wildman–Crippen LogP) is 1.56. The number of carbonyl (C=O) groups is 1. The van der Waals surface area contributed by atoms with Crippen molar-refractivity contribution < 1.29 is 9.90 Å². The lowest BCUT2D eigenvalue weighted by molar-refractivity contribution is -0.136. The van der Waals surface area contributed by atoms with Crippen LogP contribution in [0.15, 0.2) is 36.5 Å². The molecule has 1 aliphatic rings. The zero-order valence-corrected chi connectivity index (χ0v) is 13.3. The average Bonchev–Trinajstić information content (AvgIpc) is 3.04. The minimum atomic E-state index is 0.0279. The van der Waals surface area contributed by atoms with Crippen LogP contribution in [0.5, 0.6) is 0 Å². The van der Waals surface area contributed by atoms with Gasteiger partial charge >= 0.3 is 0 Å². The fourth-order valence-corrected chi connectivity index (χ4v) is 3.03. The number of likely N-dealkylation sites (tertiary alicyclic amines) is 1. The van der Waals surface area contributed by atoms with E-state index < -0.39 is 0 Å². The summed E-state index contributed by atoms with van der Waals surface area (Å²) in [5.74, 6) is 0.214. The van der Waals surface area contributed by atoms with Gasteiger partial charge in [-0.05, 0) is 25.7 Å². The van der Waals surface area contributed by atoms with Gasteiger partial charge in [0.25, 0.3) is 0 Å². The summed E-state index contributed by atoms with van der Waals surface area (Å²) < 4.78 is 1.58. The second kappa shape index (κ2) is 6.91. The molecule has 0 saturated carbocycles. The third-order valence-electron chi connectivity index (χ3n) is 4.46. The van der Waals surface area contributed by atoms with E-state index in [4.69, 9.17) is 0 Å². The molecule has 1 fully saturated rings. The van der Waals surface area contributed by atoms with Crippen molar-refractivity contribution in [3.8, 4) is 11.3 Å². The van der Waals surface area contributed by atoms with Crippen molar-refractivity contribution in [3.05, 3.63) is 36.5 Å². The standard InChI is InChI=1S/C17H22N4O2/c1-13-7-8-14(12-22)9-21(13)17(23)11-20-10-16(18-19-20)15-5-3-2-4-6-15/h2-6,10,13-14,22H,7-9,11-12H2,1H3. The van der Waals surface area contributed by atoms with Gasteiger partial charge in [0.1, 0.15) is 12.2 Å². The first kappa shape index (κ1) is 15.7. The molecule has 1 aromatic carbocycles. The summed E-state index contributed by atoms with van der Waals surface area (Å²) >= 11 is 0. The number of rotatable bonds is 4. The van der Waals surface area contributed by atoms with Crippen LogP contribution in [0.1, 0.15) is 19.8 Å². The van der Waals surface area contributed by atoms with Crippen LogP contribution in [-0.4, -0.2) is 50.1 Å². The van der Waals surface area contributed by atoms with Gasteiger partial charge in [0.05, 0.1) is 6.20 Å². The van der Waals surface area contributed by atoms with Crippen LogP contribution >= 0.6 is 0 Å². The number of hydrogen-bond acceptors (Lipinski definition) is 4. The highest BCUT2D eigenvalue weighted by Gasteiger charge is 2.28. The number of amides is 1. The molecule has 0 spiro atoms. The van der Waals surface area contributed by atoms with Crippen molar-refractivity contribution in [1.29, 1.82) is 0 Å². The molecule has 6 heteroatoms. The summed E-state index contributed by atoms with van der Waals surface area (Å²) in [6.45, 7) is 3.00. The Bertz CT molecular complexity index is 656. The highest BCUT2D eigenvalue weighted by Crippen LogP contribution is 2.22. The molecule has 1 amide bonds. The summed E-state index contributed by atoms with van der Waals surface area (Å²) in [5, 5.41) is 17.5. The zero-order valence-electron chi connectivity index (χ0n) is 13.3. The molecule has 2 atom stereocenters. The molecule has 0 radical (unpaired) electrons. The van der Waals surface area contributed by atoms with E-state index >= 15 is 0 Å². The molecule has 122 valence electrons. The Morgan fingerprint density at radius 2 is 2.09 bits per heavy atom. The fraction of sp³-hybridized carbons (Fsp3) is 0.471. The topological polar surface area (TPSA) is 71.2 Å². The van der Waals surface area contributed by atoms with Gasteiger partial charge < -0.3 is 10.0 Å². The Morgan fingerprint density at radius 3 is 2.83 bits per heavy atom. The summed E-state index contributed by atoms with van der Waals surface area (Å²) in [7, 11) is 0. The molecule has 1 aliphatic heterocycles. The summed E-state index contributed by atoms with van der Waals surface area (Å²) in [5.41, 5.74) is 1.75. The van der Waals surface area contributed by atoms with Gasteiger partial charge in [0.2, 0.25) is 5.91 Å². The van der Waals surface area contributed by atoms with E-state index in [1.54, 1.807) is 10.9 Å². The first-order chi connectivity index (χ1) is 11.2. The number of carbonyl (C=O) groups excluding carboxylic acids is 1. The zero-order chi connectivity index (χ0) is 16.2. The van der Waals surface area contributed by atoms with Crippen LogP contribution in [0, 0.1) is 5.92 Å². The van der Waals surface area contributed by atoms with Gasteiger partial charge in [0.15, 0.2) is 0 Å². The molecule has 23 heavy (non-hydrogen) atoms. The number of aliphatic hydroxyl groups excluding tert-OH is 1. The molecular formula is C17H22N4O2. The Kier molecular flexibility index (Phi) is 4.71. The van der Waals surface area contributed by atoms with E-state index in [2.05, 4.69) is 17.2 Å². The maximum Gasteiger partial charge on any atom is 0.244 e. The third-order valence-corrected chi connectivity index (χ3v) is 4.46. The van der Waals surface area contributed by atoms with Crippen LogP contribution in [0.2, 0.25) is 0 Å². The summed E-state index contributed by atoms with van der Waals surface area (Å²) in [6.07, 6.45) is 3.71. The van der Waals surface area contributed by atoms with Crippen molar-refractivity contribution in [2.45, 2.75) is 32.4 Å². The number of aliphatic hydroxyl groups is 1. The molecule has 2 unspecified atom stereocenters. The van der Waals surface area contributed by atoms with Crippen molar-refractivity contribution in [2.24, 2.45) is 5.92 Å². The SMILES string of the molecule is CC1CCC(CO)CN1C(=O)Cn1cc(-c2ccccc2)nn1. The van der Waals surface area contributed by atoms with Crippen LogP contribution in [0.3, 0.4) is 0 Å². The molecule has 2 heterocycles. The van der Waals surface area contributed by atoms with Crippen molar-refractivity contribution >= 4 is 5.91 Å². The maximum atomic E-state index is 12.5. The molecular weight excluding hydrogens is 292 g/mol. The minimum absolute atomic E-state index is 0.0279. The number of benzene rings is 1. The van der Waals surface area contributed by atoms with E-state index in [0.717, 1.165) is 24.1 Å². The first-order valence-electron chi connectivity index (χ1n) is 8.03. The normalized spacial score (nSPS) is 21.4. The van der Waals surface area contributed by atoms with Crippen LogP contribution < -0.4 is 0 Å². The number of hydrogen-bond donors (Lipinski definition) is 1. The molecule has 3 rings (SSSR count). The van der Waals surface area contributed by atoms with Crippen LogP contribution in [0.4, 0.5) is 0 Å². The monoisotopic (exact) mass is 314 g/mol. The Hall–Kier alpha value is -2.21. The molecule has 0 aliphatic carbocycles. The number of piperidine rings is 1. The molecule has 0 bridgehead atoms. The van der Waals surface area contributed by atoms with Gasteiger partial charge in [-0.3, -0.25) is 4.79 Å². The van der Waals surface area contributed by atoms with Crippen molar-refractivity contribution in [3.63, 3.8) is 0 Å². The Labute approximate surface area is 135 Å². The Balaban J connectivity index is 1.67. The second-order valence-corrected chi connectivity index (χ2v) is 6.19. The lowest BCUT2D eigenvalue weighted by Crippen LogP contribution is -2.47. The van der Waals surface area contributed by atoms with E-state index in [9.17, 15) is 9.90 Å². The van der Waals surface area contributed by atoms with E-state index in [1.807, 2.05) is 35.2 Å². The molecule has 6 nitrogen and oxygen atoms in total. The lowest BCUT2D eigenvalue weighted by Gasteiger charge is -2.37. The van der Waals surface area contributed by atoms with E-state index in [1.165, 1.54) is 0 Å². The largest absolute Gasteiger partial charge is 0.396 e. The highest BCUT2D eigenvalue weighted by molar-refractivity contribution is 5.76. The first-order valence-corrected chi connectivity index (χ1v) is 8.03. The molecule has 2 aromatic rings. The quantitative estimate of drug-likeness (QED) is 0.930. The molecule has 1 N–H and O–H groups in total. The van der Waals surface area contributed by atoms with Gasteiger partial charge in [-0.2, -0.15) is 0 Å². The van der Waals surface area contributed by atoms with Crippen LogP contribution in [-0.2, 0) is 11.3 Å². The predicted molar refractivity (Wildman–Crippen MR) is 86.4 cm³/mol. The Morgan fingerprint density at radius 1 is 1.30 bits per heavy atom. The molecule has 1 saturated heterocycles. The van der Waals surface area contributed by atoms with Crippen molar-refractivity contribution in [2.75, 3.05) is 13.2 Å². The number of aromatic nitrogens is 3. The van der Waals surface area contributed by atoms with E-state index in [-0.39, 0.29) is 31.0 Å². The third kappa shape index (κ3) is 3.59.